The molecule has 1 fully saturated rings. The highest BCUT2D eigenvalue weighted by atomic mass is 32.1. The van der Waals surface area contributed by atoms with Crippen LogP contribution in [-0.4, -0.2) is 29.5 Å². The predicted octanol–water partition coefficient (Wildman–Crippen LogP) is 4.76. The Morgan fingerprint density at radius 3 is 2.36 bits per heavy atom. The van der Waals surface area contributed by atoms with Crippen molar-refractivity contribution in [3.05, 3.63) is 107 Å². The van der Waals surface area contributed by atoms with E-state index in [-0.39, 0.29) is 12.1 Å². The molecule has 2 atom stereocenters. The average Bonchev–Trinajstić information content (AvgIpc) is 3.30. The zero-order chi connectivity index (χ0) is 22.9. The summed E-state index contributed by atoms with van der Waals surface area (Å²) in [5.74, 6) is 0.956. The van der Waals surface area contributed by atoms with E-state index < -0.39 is 0 Å². The highest BCUT2D eigenvalue weighted by molar-refractivity contribution is 7.80. The van der Waals surface area contributed by atoms with E-state index in [1.807, 2.05) is 55.0 Å². The van der Waals surface area contributed by atoms with Gasteiger partial charge in [-0.25, -0.2) is 4.98 Å². The van der Waals surface area contributed by atoms with Crippen molar-refractivity contribution in [2.24, 2.45) is 0 Å². The fourth-order valence-corrected chi connectivity index (χ4v) is 5.01. The third kappa shape index (κ3) is 3.89. The molecule has 4 aromatic rings. The Hall–Kier alpha value is -3.58. The molecule has 5 heterocycles. The molecule has 0 bridgehead atoms. The van der Waals surface area contributed by atoms with Crippen molar-refractivity contribution in [2.45, 2.75) is 39.4 Å². The van der Waals surface area contributed by atoms with Crippen LogP contribution in [0.3, 0.4) is 0 Å². The highest BCUT2D eigenvalue weighted by Crippen LogP contribution is 2.42. The summed E-state index contributed by atoms with van der Waals surface area (Å²) in [5.41, 5.74) is 6.57. The molecule has 33 heavy (non-hydrogen) atoms. The van der Waals surface area contributed by atoms with Gasteiger partial charge in [0.05, 0.1) is 30.0 Å². The number of rotatable bonds is 5. The summed E-state index contributed by atoms with van der Waals surface area (Å²) in [6, 6.07) is 18.2. The first-order chi connectivity index (χ1) is 16.0. The Morgan fingerprint density at radius 1 is 0.909 bits per heavy atom. The Morgan fingerprint density at radius 2 is 1.67 bits per heavy atom. The first kappa shape index (κ1) is 21.3. The molecule has 1 aliphatic rings. The van der Waals surface area contributed by atoms with Gasteiger partial charge >= 0.3 is 0 Å². The maximum Gasteiger partial charge on any atom is 0.170 e. The highest BCUT2D eigenvalue weighted by Gasteiger charge is 2.41. The Bertz CT molecular complexity index is 1280. The monoisotopic (exact) mass is 454 g/mol. The number of nitrogens with one attached hydrogen (secondary N) is 1. The van der Waals surface area contributed by atoms with Crippen molar-refractivity contribution in [2.75, 3.05) is 0 Å². The second-order valence-electron chi connectivity index (χ2n) is 8.38. The summed E-state index contributed by atoms with van der Waals surface area (Å²) in [5, 5.41) is 4.25. The quantitative estimate of drug-likeness (QED) is 0.439. The Kier molecular flexibility index (Phi) is 5.64. The number of hydrogen-bond acceptors (Lipinski definition) is 4. The summed E-state index contributed by atoms with van der Waals surface area (Å²) < 4.78 is 2.24. The molecule has 0 aromatic carbocycles. The van der Waals surface area contributed by atoms with Gasteiger partial charge in [-0.05, 0) is 80.5 Å². The molecule has 4 aromatic heterocycles. The molecule has 7 heteroatoms. The van der Waals surface area contributed by atoms with E-state index in [0.29, 0.717) is 11.7 Å². The second kappa shape index (κ2) is 8.75. The number of pyridine rings is 3. The van der Waals surface area contributed by atoms with E-state index in [2.05, 4.69) is 68.7 Å². The molecule has 6 nitrogen and oxygen atoms in total. The van der Waals surface area contributed by atoms with Gasteiger partial charge in [0.2, 0.25) is 0 Å². The third-order valence-electron chi connectivity index (χ3n) is 6.24. The van der Waals surface area contributed by atoms with E-state index in [1.165, 1.54) is 5.56 Å². The minimum absolute atomic E-state index is 0.0293. The fraction of sp³-hybridized carbons (Fsp3) is 0.231. The van der Waals surface area contributed by atoms with Gasteiger partial charge in [0.25, 0.3) is 0 Å². The van der Waals surface area contributed by atoms with Crippen molar-refractivity contribution < 1.29 is 0 Å². The largest absolute Gasteiger partial charge is 0.352 e. The molecule has 0 amide bonds. The van der Waals surface area contributed by atoms with Crippen LogP contribution in [0.4, 0.5) is 0 Å². The second-order valence-corrected chi connectivity index (χ2v) is 8.77. The molecule has 0 spiro atoms. The Labute approximate surface area is 199 Å². The summed E-state index contributed by atoms with van der Waals surface area (Å²) in [4.78, 5) is 16.1. The predicted molar refractivity (Wildman–Crippen MR) is 133 cm³/mol. The van der Waals surface area contributed by atoms with Gasteiger partial charge in [-0.3, -0.25) is 9.97 Å². The van der Waals surface area contributed by atoms with Crippen molar-refractivity contribution in [1.29, 1.82) is 0 Å². The van der Waals surface area contributed by atoms with Crippen molar-refractivity contribution in [3.8, 4) is 5.82 Å². The number of thiocarbonyl (C=S) groups is 1. The van der Waals surface area contributed by atoms with Crippen LogP contribution < -0.4 is 5.32 Å². The van der Waals surface area contributed by atoms with Crippen LogP contribution in [0, 0.1) is 20.8 Å². The lowest BCUT2D eigenvalue weighted by Gasteiger charge is -2.28. The molecule has 5 rings (SSSR count). The standard InChI is InChI=1S/C26H26N6S/c1-17-9-8-14-29-25(17)32-18(2)15-21(19(32)3)24-23(22-11-5-7-13-28-22)30-26(33)31(24)16-20-10-4-6-12-27-20/h4-15,23-24H,16H2,1-3H3,(H,30,33). The van der Waals surface area contributed by atoms with Crippen LogP contribution >= 0.6 is 12.2 Å². The first-order valence-electron chi connectivity index (χ1n) is 11.0. The summed E-state index contributed by atoms with van der Waals surface area (Å²) in [7, 11) is 0. The summed E-state index contributed by atoms with van der Waals surface area (Å²) in [6.07, 6.45) is 5.50. The van der Waals surface area contributed by atoms with Gasteiger partial charge in [-0.1, -0.05) is 18.2 Å². The van der Waals surface area contributed by atoms with Gasteiger partial charge in [0.1, 0.15) is 5.82 Å². The molecule has 0 radical (unpaired) electrons. The lowest BCUT2D eigenvalue weighted by Crippen LogP contribution is -2.29. The maximum absolute atomic E-state index is 5.83. The molecule has 2 unspecified atom stereocenters. The van der Waals surface area contributed by atoms with E-state index in [4.69, 9.17) is 12.2 Å². The van der Waals surface area contributed by atoms with Gasteiger partial charge in [0, 0.05) is 30.0 Å². The topological polar surface area (TPSA) is 58.9 Å². The lowest BCUT2D eigenvalue weighted by atomic mass is 9.96. The summed E-state index contributed by atoms with van der Waals surface area (Å²) in [6.45, 7) is 7.00. The van der Waals surface area contributed by atoms with E-state index in [1.54, 1.807) is 0 Å². The zero-order valence-electron chi connectivity index (χ0n) is 18.9. The number of nitrogens with zero attached hydrogens (tertiary/aromatic N) is 5. The van der Waals surface area contributed by atoms with Gasteiger partial charge in [0.15, 0.2) is 5.11 Å². The van der Waals surface area contributed by atoms with Crippen molar-refractivity contribution >= 4 is 17.3 Å². The lowest BCUT2D eigenvalue weighted by molar-refractivity contribution is 0.307. The van der Waals surface area contributed by atoms with Crippen LogP contribution in [0.1, 0.15) is 46.0 Å². The van der Waals surface area contributed by atoms with Gasteiger partial charge in [-0.15, -0.1) is 0 Å². The summed E-state index contributed by atoms with van der Waals surface area (Å²) >= 11 is 5.83. The SMILES string of the molecule is Cc1cccnc1-n1c(C)cc(C2C(c3ccccn3)NC(=S)N2Cc2ccccn2)c1C. The molecule has 0 saturated carbocycles. The smallest absolute Gasteiger partial charge is 0.170 e. The molecule has 1 N–H and O–H groups in total. The van der Waals surface area contributed by atoms with Crippen LogP contribution in [0.25, 0.3) is 5.82 Å². The van der Waals surface area contributed by atoms with Crippen LogP contribution in [-0.2, 0) is 6.54 Å². The maximum atomic E-state index is 5.83. The number of aryl methyl sites for hydroxylation is 2. The normalized spacial score (nSPS) is 17.9. The zero-order valence-corrected chi connectivity index (χ0v) is 19.8. The van der Waals surface area contributed by atoms with Crippen molar-refractivity contribution in [1.82, 2.24) is 29.7 Å². The van der Waals surface area contributed by atoms with Crippen molar-refractivity contribution in [3.63, 3.8) is 0 Å². The number of hydrogen-bond donors (Lipinski definition) is 1. The average molecular weight is 455 g/mol. The van der Waals surface area contributed by atoms with Gasteiger partial charge < -0.3 is 14.8 Å². The van der Waals surface area contributed by atoms with E-state index in [9.17, 15) is 0 Å². The molecule has 166 valence electrons. The minimum atomic E-state index is -0.0683. The minimum Gasteiger partial charge on any atom is -0.352 e. The fourth-order valence-electron chi connectivity index (χ4n) is 4.70. The van der Waals surface area contributed by atoms with Gasteiger partial charge in [-0.2, -0.15) is 0 Å². The Balaban J connectivity index is 1.63. The van der Waals surface area contributed by atoms with Crippen LogP contribution in [0.2, 0.25) is 0 Å². The molecule has 0 aliphatic carbocycles. The molecular formula is C26H26N6S. The first-order valence-corrected chi connectivity index (χ1v) is 11.4. The molecule has 1 aliphatic heterocycles. The van der Waals surface area contributed by atoms with E-state index >= 15 is 0 Å². The number of aromatic nitrogens is 4. The van der Waals surface area contributed by atoms with E-state index in [0.717, 1.165) is 34.2 Å². The third-order valence-corrected chi connectivity index (χ3v) is 6.59. The molecule has 1 saturated heterocycles. The molecular weight excluding hydrogens is 428 g/mol. The van der Waals surface area contributed by atoms with Crippen LogP contribution in [0.15, 0.2) is 73.2 Å². The van der Waals surface area contributed by atoms with Crippen LogP contribution in [0.5, 0.6) is 0 Å².